The highest BCUT2D eigenvalue weighted by molar-refractivity contribution is 5.81. The number of hydrogen-bond donors (Lipinski definition) is 2. The summed E-state index contributed by atoms with van der Waals surface area (Å²) in [5, 5.41) is 3.24. The summed E-state index contributed by atoms with van der Waals surface area (Å²) in [6.07, 6.45) is 2.25. The van der Waals surface area contributed by atoms with Gasteiger partial charge < -0.3 is 19.9 Å². The molecule has 4 aromatic rings. The van der Waals surface area contributed by atoms with Crippen LogP contribution in [0.1, 0.15) is 5.56 Å². The Hall–Kier alpha value is -3.35. The molecule has 0 aliphatic rings. The Kier molecular flexibility index (Phi) is 3.59. The number of rotatable bonds is 5. The Bertz CT molecular complexity index is 961. The Morgan fingerprint density at radius 2 is 1.88 bits per heavy atom. The van der Waals surface area contributed by atoms with Crippen LogP contribution in [-0.4, -0.2) is 21.5 Å². The molecule has 0 aliphatic heterocycles. The Labute approximate surface area is 137 Å². The lowest BCUT2D eigenvalue weighted by Crippen LogP contribution is -2.03. The van der Waals surface area contributed by atoms with Crippen LogP contribution >= 0.6 is 0 Å². The number of hydrogen-bond acceptors (Lipinski definition) is 7. The van der Waals surface area contributed by atoms with Gasteiger partial charge in [0.25, 0.3) is 11.6 Å². The van der Waals surface area contributed by atoms with E-state index in [2.05, 4.69) is 32.4 Å². The van der Waals surface area contributed by atoms with Gasteiger partial charge in [0.1, 0.15) is 6.33 Å². The van der Waals surface area contributed by atoms with Crippen molar-refractivity contribution >= 4 is 22.9 Å². The van der Waals surface area contributed by atoms with Crippen LogP contribution in [0, 0.1) is 0 Å². The zero-order chi connectivity index (χ0) is 16.4. The summed E-state index contributed by atoms with van der Waals surface area (Å²) in [5.74, 6) is 1.77. The molecular formula is C17H15N5O2. The Balaban J connectivity index is 1.46. The fourth-order valence-electron chi connectivity index (χ4n) is 2.40. The molecular weight excluding hydrogens is 306 g/mol. The van der Waals surface area contributed by atoms with Crippen molar-refractivity contribution in [2.75, 3.05) is 17.6 Å². The maximum absolute atomic E-state index is 5.76. The first-order valence-corrected chi connectivity index (χ1v) is 7.54. The highest BCUT2D eigenvalue weighted by Crippen LogP contribution is 2.28. The molecule has 0 amide bonds. The second kappa shape index (κ2) is 6.04. The molecule has 120 valence electrons. The maximum atomic E-state index is 5.76. The lowest BCUT2D eigenvalue weighted by Gasteiger charge is -2.02. The van der Waals surface area contributed by atoms with Gasteiger partial charge in [-0.25, -0.2) is 9.97 Å². The molecule has 0 unspecified atom stereocenters. The van der Waals surface area contributed by atoms with E-state index in [0.29, 0.717) is 28.8 Å². The third kappa shape index (κ3) is 2.79. The monoisotopic (exact) mass is 321 g/mol. The van der Waals surface area contributed by atoms with Crippen LogP contribution in [0.2, 0.25) is 0 Å². The van der Waals surface area contributed by atoms with Crippen molar-refractivity contribution in [3.63, 3.8) is 0 Å². The summed E-state index contributed by atoms with van der Waals surface area (Å²) in [5.41, 5.74) is 7.80. The molecule has 0 saturated carbocycles. The average molecular weight is 321 g/mol. The van der Waals surface area contributed by atoms with Crippen LogP contribution in [-0.2, 0) is 6.42 Å². The Morgan fingerprint density at radius 3 is 2.71 bits per heavy atom. The number of nitrogen functional groups attached to an aromatic ring is 1. The third-order valence-electron chi connectivity index (χ3n) is 3.60. The van der Waals surface area contributed by atoms with Gasteiger partial charge in [0.15, 0.2) is 23.0 Å². The summed E-state index contributed by atoms with van der Waals surface area (Å²) in [7, 11) is 0. The van der Waals surface area contributed by atoms with E-state index in [4.69, 9.17) is 14.6 Å². The summed E-state index contributed by atoms with van der Waals surface area (Å²) in [6.45, 7) is 0.767. The van der Waals surface area contributed by atoms with Crippen LogP contribution < -0.4 is 11.1 Å². The number of benzene rings is 1. The first-order valence-electron chi connectivity index (χ1n) is 7.54. The van der Waals surface area contributed by atoms with E-state index in [1.807, 2.05) is 24.3 Å². The van der Waals surface area contributed by atoms with Crippen LogP contribution in [0.25, 0.3) is 22.9 Å². The minimum atomic E-state index is 0.280. The largest absolute Gasteiger partial charge is 0.436 e. The molecule has 7 nitrogen and oxygen atoms in total. The standard InChI is InChI=1S/C17H15N5O2/c18-15-14-17(21-10-20-15)24-16(22-14)12-6-7-13(23-12)19-9-8-11-4-2-1-3-5-11/h1-7,10,19H,8-9H2,(H2,18,20,21). The number of fused-ring (bicyclic) bond motifs is 1. The van der Waals surface area contributed by atoms with Gasteiger partial charge in [0, 0.05) is 12.6 Å². The van der Waals surface area contributed by atoms with Gasteiger partial charge >= 0.3 is 0 Å². The van der Waals surface area contributed by atoms with Crippen LogP contribution in [0.5, 0.6) is 0 Å². The van der Waals surface area contributed by atoms with Crippen molar-refractivity contribution in [1.82, 2.24) is 15.0 Å². The lowest BCUT2D eigenvalue weighted by molar-refractivity contribution is 0.538. The summed E-state index contributed by atoms with van der Waals surface area (Å²) < 4.78 is 11.3. The fraction of sp³-hybridized carbons (Fsp3) is 0.118. The molecule has 0 aliphatic carbocycles. The molecule has 0 radical (unpaired) electrons. The first kappa shape index (κ1) is 14.3. The summed E-state index contributed by atoms with van der Waals surface area (Å²) >= 11 is 0. The predicted molar refractivity (Wildman–Crippen MR) is 90.3 cm³/mol. The van der Waals surface area contributed by atoms with Crippen molar-refractivity contribution < 1.29 is 8.83 Å². The van der Waals surface area contributed by atoms with Gasteiger partial charge in [-0.15, -0.1) is 0 Å². The number of furan rings is 1. The molecule has 24 heavy (non-hydrogen) atoms. The molecule has 0 bridgehead atoms. The second-order valence-corrected chi connectivity index (χ2v) is 5.26. The maximum Gasteiger partial charge on any atom is 0.265 e. The highest BCUT2D eigenvalue weighted by atomic mass is 16.4. The SMILES string of the molecule is Nc1ncnc2oc(-c3ccc(NCCc4ccccc4)o3)nc12. The molecule has 3 heterocycles. The van der Waals surface area contributed by atoms with Crippen molar-refractivity contribution in [1.29, 1.82) is 0 Å². The van der Waals surface area contributed by atoms with Gasteiger partial charge in [-0.1, -0.05) is 30.3 Å². The van der Waals surface area contributed by atoms with Crippen molar-refractivity contribution in [2.45, 2.75) is 6.42 Å². The van der Waals surface area contributed by atoms with E-state index in [1.165, 1.54) is 11.9 Å². The van der Waals surface area contributed by atoms with Gasteiger partial charge in [-0.3, -0.25) is 0 Å². The molecule has 4 rings (SSSR count). The number of nitrogens with one attached hydrogen (secondary N) is 1. The minimum absolute atomic E-state index is 0.280. The smallest absolute Gasteiger partial charge is 0.265 e. The van der Waals surface area contributed by atoms with E-state index in [-0.39, 0.29) is 5.82 Å². The molecule has 0 atom stereocenters. The predicted octanol–water partition coefficient (Wildman–Crippen LogP) is 3.11. The minimum Gasteiger partial charge on any atom is -0.436 e. The third-order valence-corrected chi connectivity index (χ3v) is 3.60. The zero-order valence-electron chi connectivity index (χ0n) is 12.8. The molecule has 7 heteroatoms. The molecule has 0 spiro atoms. The summed E-state index contributed by atoms with van der Waals surface area (Å²) in [6, 6.07) is 13.9. The normalized spacial score (nSPS) is 11.0. The number of anilines is 2. The topological polar surface area (TPSA) is 103 Å². The number of oxazole rings is 1. The second-order valence-electron chi connectivity index (χ2n) is 5.26. The average Bonchev–Trinajstić information content (AvgIpc) is 3.23. The number of aromatic nitrogens is 3. The van der Waals surface area contributed by atoms with Gasteiger partial charge in [0.05, 0.1) is 0 Å². The van der Waals surface area contributed by atoms with Gasteiger partial charge in [-0.2, -0.15) is 4.98 Å². The van der Waals surface area contributed by atoms with E-state index >= 15 is 0 Å². The number of nitrogens with two attached hydrogens (primary N) is 1. The van der Waals surface area contributed by atoms with Gasteiger partial charge in [-0.05, 0) is 18.1 Å². The highest BCUT2D eigenvalue weighted by Gasteiger charge is 2.15. The molecule has 3 aromatic heterocycles. The van der Waals surface area contributed by atoms with E-state index in [1.54, 1.807) is 6.07 Å². The van der Waals surface area contributed by atoms with Crippen molar-refractivity contribution in [3.05, 3.63) is 54.4 Å². The fourth-order valence-corrected chi connectivity index (χ4v) is 2.40. The van der Waals surface area contributed by atoms with Crippen molar-refractivity contribution in [2.24, 2.45) is 0 Å². The number of nitrogens with zero attached hydrogens (tertiary/aromatic N) is 3. The molecule has 0 saturated heterocycles. The van der Waals surface area contributed by atoms with Crippen LogP contribution in [0.15, 0.2) is 57.6 Å². The molecule has 0 fully saturated rings. The summed E-state index contributed by atoms with van der Waals surface area (Å²) in [4.78, 5) is 12.2. The van der Waals surface area contributed by atoms with E-state index < -0.39 is 0 Å². The Morgan fingerprint density at radius 1 is 1.00 bits per heavy atom. The molecule has 1 aromatic carbocycles. The van der Waals surface area contributed by atoms with Crippen LogP contribution in [0.4, 0.5) is 11.7 Å². The lowest BCUT2D eigenvalue weighted by atomic mass is 10.1. The zero-order valence-corrected chi connectivity index (χ0v) is 12.8. The first-order chi connectivity index (χ1) is 11.8. The van der Waals surface area contributed by atoms with E-state index in [9.17, 15) is 0 Å². The quantitative estimate of drug-likeness (QED) is 0.582. The molecule has 3 N–H and O–H groups in total. The van der Waals surface area contributed by atoms with Crippen LogP contribution in [0.3, 0.4) is 0 Å². The van der Waals surface area contributed by atoms with E-state index in [0.717, 1.165) is 13.0 Å². The van der Waals surface area contributed by atoms with Crippen molar-refractivity contribution in [3.8, 4) is 11.7 Å². The van der Waals surface area contributed by atoms with Gasteiger partial charge in [0.2, 0.25) is 0 Å².